The Morgan fingerprint density at radius 2 is 2.10 bits per heavy atom. The average Bonchev–Trinajstić information content (AvgIpc) is 2.40. The Hall–Kier alpha value is -1.18. The second-order valence-electron chi connectivity index (χ2n) is 4.40. The molecule has 0 aromatic heterocycles. The van der Waals surface area contributed by atoms with Gasteiger partial charge < -0.3 is 5.32 Å². The molecule has 0 bridgehead atoms. The van der Waals surface area contributed by atoms with Gasteiger partial charge >= 0.3 is 0 Å². The number of nitrogens with one attached hydrogen (secondary N) is 1. The molecule has 2 atom stereocenters. The molecule has 0 fully saturated rings. The fourth-order valence-electron chi connectivity index (χ4n) is 1.50. The molecular formula is C12H14Cl2N2O4S. The minimum atomic E-state index is -0.975. The van der Waals surface area contributed by atoms with Gasteiger partial charge in [0.2, 0.25) is 0 Å². The number of hydrogen-bond acceptors (Lipinski definition) is 4. The maximum absolute atomic E-state index is 12.0. The summed E-state index contributed by atoms with van der Waals surface area (Å²) in [4.78, 5) is 22.1. The van der Waals surface area contributed by atoms with E-state index in [1.165, 1.54) is 0 Å². The number of carbonyl (C=O) groups is 1. The van der Waals surface area contributed by atoms with E-state index >= 15 is 0 Å². The van der Waals surface area contributed by atoms with Crippen molar-refractivity contribution in [1.29, 1.82) is 0 Å². The standard InChI is InChI=1S/C12H14Cl2N2O4S/c1-7(21(2)20)3-4-15-12(17)9-5-8(16(18)19)6-10(13)11(9)14/h5-7H,3-4H2,1-2H3,(H,15,17). The quantitative estimate of drug-likeness (QED) is 0.629. The summed E-state index contributed by atoms with van der Waals surface area (Å²) in [5, 5.41) is 13.2. The number of nitrogens with zero attached hydrogens (tertiary/aromatic N) is 1. The number of halogens is 2. The number of carbonyl (C=O) groups excluding carboxylic acids is 1. The molecule has 0 aliphatic rings. The normalized spacial score (nSPS) is 13.5. The predicted molar refractivity (Wildman–Crippen MR) is 83.6 cm³/mol. The van der Waals surface area contributed by atoms with Gasteiger partial charge in [-0.2, -0.15) is 0 Å². The van der Waals surface area contributed by atoms with E-state index in [1.807, 2.05) is 0 Å². The lowest BCUT2D eigenvalue weighted by Crippen LogP contribution is -2.27. The van der Waals surface area contributed by atoms with Crippen LogP contribution in [-0.2, 0) is 10.8 Å². The zero-order valence-corrected chi connectivity index (χ0v) is 13.7. The maximum Gasteiger partial charge on any atom is 0.271 e. The first-order chi connectivity index (χ1) is 9.73. The van der Waals surface area contributed by atoms with Crippen molar-refractivity contribution in [3.8, 4) is 0 Å². The Morgan fingerprint density at radius 3 is 2.62 bits per heavy atom. The summed E-state index contributed by atoms with van der Waals surface area (Å²) >= 11 is 11.7. The lowest BCUT2D eigenvalue weighted by molar-refractivity contribution is -0.384. The van der Waals surface area contributed by atoms with Crippen molar-refractivity contribution in [3.63, 3.8) is 0 Å². The molecule has 1 aromatic carbocycles. The second kappa shape index (κ2) is 7.72. The largest absolute Gasteiger partial charge is 0.352 e. The van der Waals surface area contributed by atoms with Crippen LogP contribution in [0, 0.1) is 10.1 Å². The topological polar surface area (TPSA) is 89.3 Å². The smallest absolute Gasteiger partial charge is 0.271 e. The van der Waals surface area contributed by atoms with Crippen LogP contribution < -0.4 is 5.32 Å². The van der Waals surface area contributed by atoms with Gasteiger partial charge in [0.05, 0.1) is 20.5 Å². The first-order valence-corrected chi connectivity index (χ1v) is 8.35. The molecule has 0 aliphatic carbocycles. The molecular weight excluding hydrogens is 339 g/mol. The molecule has 0 saturated heterocycles. The molecule has 0 radical (unpaired) electrons. The Bertz CT molecular complexity index is 595. The number of benzene rings is 1. The van der Waals surface area contributed by atoms with Gasteiger partial charge in [-0.15, -0.1) is 0 Å². The monoisotopic (exact) mass is 352 g/mol. The van der Waals surface area contributed by atoms with Crippen molar-refractivity contribution in [2.45, 2.75) is 18.6 Å². The van der Waals surface area contributed by atoms with Gasteiger partial charge in [-0.05, 0) is 6.42 Å². The van der Waals surface area contributed by atoms with Crippen molar-refractivity contribution in [1.82, 2.24) is 5.32 Å². The third-order valence-electron chi connectivity index (χ3n) is 2.87. The fraction of sp³-hybridized carbons (Fsp3) is 0.417. The first-order valence-electron chi connectivity index (χ1n) is 5.98. The van der Waals surface area contributed by atoms with Gasteiger partial charge in [-0.1, -0.05) is 30.1 Å². The van der Waals surface area contributed by atoms with Gasteiger partial charge in [0.1, 0.15) is 0 Å². The number of nitro benzene ring substituents is 1. The van der Waals surface area contributed by atoms with Gasteiger partial charge in [0.25, 0.3) is 11.6 Å². The summed E-state index contributed by atoms with van der Waals surface area (Å²) in [5.74, 6) is -0.556. The maximum atomic E-state index is 12.0. The van der Waals surface area contributed by atoms with Crippen LogP contribution in [0.3, 0.4) is 0 Å². The van der Waals surface area contributed by atoms with E-state index in [0.717, 1.165) is 12.1 Å². The minimum Gasteiger partial charge on any atom is -0.352 e. The Morgan fingerprint density at radius 1 is 1.48 bits per heavy atom. The highest BCUT2D eigenvalue weighted by atomic mass is 35.5. The number of rotatable bonds is 6. The van der Waals surface area contributed by atoms with Gasteiger partial charge in [-0.25, -0.2) is 0 Å². The van der Waals surface area contributed by atoms with E-state index in [9.17, 15) is 19.1 Å². The van der Waals surface area contributed by atoms with Gasteiger partial charge in [0, 0.05) is 41.0 Å². The summed E-state index contributed by atoms with van der Waals surface area (Å²) < 4.78 is 11.2. The number of amides is 1. The van der Waals surface area contributed by atoms with Crippen molar-refractivity contribution in [3.05, 3.63) is 37.9 Å². The van der Waals surface area contributed by atoms with Crippen LogP contribution in [0.15, 0.2) is 12.1 Å². The molecule has 1 aromatic rings. The lowest BCUT2D eigenvalue weighted by atomic mass is 10.2. The van der Waals surface area contributed by atoms with Crippen LogP contribution in [0.25, 0.3) is 0 Å². The molecule has 1 rings (SSSR count). The molecule has 0 aliphatic heterocycles. The highest BCUT2D eigenvalue weighted by molar-refractivity contribution is 7.84. The van der Waals surface area contributed by atoms with Crippen LogP contribution in [0.5, 0.6) is 0 Å². The molecule has 0 saturated carbocycles. The van der Waals surface area contributed by atoms with E-state index in [1.54, 1.807) is 13.2 Å². The number of nitro groups is 1. The zero-order chi connectivity index (χ0) is 16.2. The molecule has 6 nitrogen and oxygen atoms in total. The number of non-ortho nitro benzene ring substituents is 1. The molecule has 2 unspecified atom stereocenters. The lowest BCUT2D eigenvalue weighted by Gasteiger charge is -2.10. The minimum absolute atomic E-state index is 0.0353. The SMILES string of the molecule is CC(CCNC(=O)c1cc([N+](=O)[O-])cc(Cl)c1Cl)S(C)=O. The van der Waals surface area contributed by atoms with E-state index in [2.05, 4.69) is 5.32 Å². The first kappa shape index (κ1) is 17.9. The summed E-state index contributed by atoms with van der Waals surface area (Å²) in [5.41, 5.74) is -0.362. The zero-order valence-electron chi connectivity index (χ0n) is 11.4. The van der Waals surface area contributed by atoms with Crippen molar-refractivity contribution in [2.24, 2.45) is 0 Å². The third-order valence-corrected chi connectivity index (χ3v) is 5.04. The Balaban J connectivity index is 2.83. The van der Waals surface area contributed by atoms with Crippen LogP contribution in [0.4, 0.5) is 5.69 Å². The Kier molecular flexibility index (Phi) is 6.57. The van der Waals surface area contributed by atoms with Gasteiger partial charge in [0.15, 0.2) is 0 Å². The van der Waals surface area contributed by atoms with Crippen LogP contribution >= 0.6 is 23.2 Å². The summed E-state index contributed by atoms with van der Waals surface area (Å²) in [6.07, 6.45) is 2.11. The highest BCUT2D eigenvalue weighted by Crippen LogP contribution is 2.30. The second-order valence-corrected chi connectivity index (χ2v) is 6.99. The van der Waals surface area contributed by atoms with E-state index < -0.39 is 21.6 Å². The van der Waals surface area contributed by atoms with Crippen molar-refractivity contribution >= 4 is 45.6 Å². The molecule has 21 heavy (non-hydrogen) atoms. The summed E-state index contributed by atoms with van der Waals surface area (Å²) in [6, 6.07) is 2.16. The molecule has 0 spiro atoms. The third kappa shape index (κ3) is 4.94. The van der Waals surface area contributed by atoms with Gasteiger partial charge in [-0.3, -0.25) is 19.1 Å². The van der Waals surface area contributed by atoms with Crippen molar-refractivity contribution in [2.75, 3.05) is 12.8 Å². The van der Waals surface area contributed by atoms with Crippen LogP contribution in [0.2, 0.25) is 10.0 Å². The summed E-state index contributed by atoms with van der Waals surface area (Å²) in [6.45, 7) is 2.09. The predicted octanol–water partition coefficient (Wildman–Crippen LogP) is 2.79. The Labute approximate surface area is 134 Å². The average molecular weight is 353 g/mol. The molecule has 1 amide bonds. The van der Waals surface area contributed by atoms with E-state index in [-0.39, 0.29) is 33.1 Å². The number of hydrogen-bond donors (Lipinski definition) is 1. The fourth-order valence-corrected chi connectivity index (χ4v) is 2.35. The molecule has 0 heterocycles. The molecule has 116 valence electrons. The molecule has 1 N–H and O–H groups in total. The molecule has 9 heteroatoms. The highest BCUT2D eigenvalue weighted by Gasteiger charge is 2.19. The van der Waals surface area contributed by atoms with E-state index in [4.69, 9.17) is 23.2 Å². The van der Waals surface area contributed by atoms with Crippen molar-refractivity contribution < 1.29 is 13.9 Å². The summed E-state index contributed by atoms with van der Waals surface area (Å²) in [7, 11) is -0.975. The van der Waals surface area contributed by atoms with Crippen LogP contribution in [-0.4, -0.2) is 33.1 Å². The van der Waals surface area contributed by atoms with E-state index in [0.29, 0.717) is 6.42 Å². The van der Waals surface area contributed by atoms with Crippen LogP contribution in [0.1, 0.15) is 23.7 Å².